The maximum atomic E-state index is 12.5. The van der Waals surface area contributed by atoms with Crippen molar-refractivity contribution in [3.05, 3.63) is 23.8 Å². The van der Waals surface area contributed by atoms with Crippen molar-refractivity contribution in [2.24, 2.45) is 0 Å². The first-order valence-electron chi connectivity index (χ1n) is 7.47. The Hall–Kier alpha value is -2.04. The molecule has 0 saturated heterocycles. The highest BCUT2D eigenvalue weighted by atomic mass is 16.5. The van der Waals surface area contributed by atoms with Crippen LogP contribution in [-0.4, -0.2) is 35.9 Å². The Kier molecular flexibility index (Phi) is 4.83. The molecule has 2 amide bonds. The normalized spacial score (nSPS) is 16.7. The number of carbonyl (C=O) groups excluding carboxylic acids is 2. The third-order valence-corrected chi connectivity index (χ3v) is 3.43. The quantitative estimate of drug-likeness (QED) is 0.907. The predicted molar refractivity (Wildman–Crippen MR) is 81.6 cm³/mol. The molecule has 0 aliphatic carbocycles. The molecule has 1 atom stereocenters. The molecule has 114 valence electrons. The van der Waals surface area contributed by atoms with E-state index in [1.807, 2.05) is 4.90 Å². The number of fused-ring (bicyclic) bond motifs is 1. The highest BCUT2D eigenvalue weighted by Gasteiger charge is 2.25. The van der Waals surface area contributed by atoms with Crippen molar-refractivity contribution < 1.29 is 14.3 Å². The van der Waals surface area contributed by atoms with Gasteiger partial charge in [-0.2, -0.15) is 0 Å². The molecule has 21 heavy (non-hydrogen) atoms. The SMILES string of the molecule is CCCN(CCC)C(=O)c1ccc2c(c1)NC(=O)C(C)O2. The summed E-state index contributed by atoms with van der Waals surface area (Å²) in [5.74, 6) is 0.414. The smallest absolute Gasteiger partial charge is 0.265 e. The first kappa shape index (κ1) is 15.4. The molecule has 1 aromatic carbocycles. The van der Waals surface area contributed by atoms with E-state index < -0.39 is 6.10 Å². The Morgan fingerprint density at radius 2 is 1.95 bits per heavy atom. The van der Waals surface area contributed by atoms with Crippen LogP contribution in [0.2, 0.25) is 0 Å². The zero-order chi connectivity index (χ0) is 15.4. The van der Waals surface area contributed by atoms with E-state index in [-0.39, 0.29) is 11.8 Å². The van der Waals surface area contributed by atoms with E-state index in [2.05, 4.69) is 19.2 Å². The number of anilines is 1. The van der Waals surface area contributed by atoms with Crippen molar-refractivity contribution in [3.8, 4) is 5.75 Å². The van der Waals surface area contributed by atoms with Crippen molar-refractivity contribution in [2.75, 3.05) is 18.4 Å². The van der Waals surface area contributed by atoms with Crippen LogP contribution in [0.1, 0.15) is 44.0 Å². The zero-order valence-corrected chi connectivity index (χ0v) is 12.8. The van der Waals surface area contributed by atoms with Crippen LogP contribution < -0.4 is 10.1 Å². The van der Waals surface area contributed by atoms with Gasteiger partial charge in [0.25, 0.3) is 11.8 Å². The van der Waals surface area contributed by atoms with Gasteiger partial charge in [-0.3, -0.25) is 9.59 Å². The first-order chi connectivity index (χ1) is 10.1. The molecule has 1 unspecified atom stereocenters. The number of ether oxygens (including phenoxy) is 1. The molecule has 0 radical (unpaired) electrons. The molecule has 5 heteroatoms. The summed E-state index contributed by atoms with van der Waals surface area (Å²) in [6, 6.07) is 5.19. The van der Waals surface area contributed by atoms with Crippen molar-refractivity contribution >= 4 is 17.5 Å². The molecule has 1 aromatic rings. The summed E-state index contributed by atoms with van der Waals surface area (Å²) >= 11 is 0. The fraction of sp³-hybridized carbons (Fsp3) is 0.500. The predicted octanol–water partition coefficient (Wildman–Crippen LogP) is 2.67. The minimum atomic E-state index is -0.504. The molecule has 1 aliphatic heterocycles. The third kappa shape index (κ3) is 3.35. The van der Waals surface area contributed by atoms with Crippen LogP contribution in [0.5, 0.6) is 5.75 Å². The molecule has 0 spiro atoms. The van der Waals surface area contributed by atoms with Gasteiger partial charge in [0.2, 0.25) is 0 Å². The van der Waals surface area contributed by atoms with Gasteiger partial charge >= 0.3 is 0 Å². The molecule has 2 rings (SSSR count). The molecule has 0 saturated carbocycles. The molecule has 1 aliphatic rings. The van der Waals surface area contributed by atoms with Crippen LogP contribution >= 0.6 is 0 Å². The molecular formula is C16H22N2O3. The summed E-state index contributed by atoms with van der Waals surface area (Å²) in [5.41, 5.74) is 1.14. The number of carbonyl (C=O) groups is 2. The second-order valence-corrected chi connectivity index (χ2v) is 5.25. The van der Waals surface area contributed by atoms with E-state index in [1.54, 1.807) is 25.1 Å². The average molecular weight is 290 g/mol. The van der Waals surface area contributed by atoms with Crippen LogP contribution in [0.25, 0.3) is 0 Å². The molecule has 5 nitrogen and oxygen atoms in total. The van der Waals surface area contributed by atoms with E-state index in [1.165, 1.54) is 0 Å². The van der Waals surface area contributed by atoms with E-state index in [0.717, 1.165) is 25.9 Å². The van der Waals surface area contributed by atoms with Gasteiger partial charge in [0, 0.05) is 18.7 Å². The van der Waals surface area contributed by atoms with Gasteiger partial charge in [0.05, 0.1) is 5.69 Å². The Bertz CT molecular complexity index is 536. The number of nitrogens with zero attached hydrogens (tertiary/aromatic N) is 1. The van der Waals surface area contributed by atoms with Crippen LogP contribution in [0.15, 0.2) is 18.2 Å². The molecule has 0 aromatic heterocycles. The Labute approximate surface area is 125 Å². The topological polar surface area (TPSA) is 58.6 Å². The lowest BCUT2D eigenvalue weighted by Crippen LogP contribution is -2.35. The third-order valence-electron chi connectivity index (χ3n) is 3.43. The van der Waals surface area contributed by atoms with Gasteiger partial charge in [-0.25, -0.2) is 0 Å². The van der Waals surface area contributed by atoms with Crippen LogP contribution in [0.4, 0.5) is 5.69 Å². The highest BCUT2D eigenvalue weighted by molar-refractivity contribution is 6.00. The fourth-order valence-corrected chi connectivity index (χ4v) is 2.38. The van der Waals surface area contributed by atoms with Gasteiger partial charge in [-0.15, -0.1) is 0 Å². The molecule has 1 N–H and O–H groups in total. The Morgan fingerprint density at radius 1 is 1.29 bits per heavy atom. The number of amides is 2. The maximum Gasteiger partial charge on any atom is 0.265 e. The summed E-state index contributed by atoms with van der Waals surface area (Å²) in [6.07, 6.45) is 1.35. The lowest BCUT2D eigenvalue weighted by Gasteiger charge is -2.25. The average Bonchev–Trinajstić information content (AvgIpc) is 2.47. The Morgan fingerprint density at radius 3 is 2.57 bits per heavy atom. The molecule has 0 bridgehead atoms. The largest absolute Gasteiger partial charge is 0.479 e. The second-order valence-electron chi connectivity index (χ2n) is 5.25. The maximum absolute atomic E-state index is 12.5. The summed E-state index contributed by atoms with van der Waals surface area (Å²) in [5, 5.41) is 2.77. The van der Waals surface area contributed by atoms with Gasteiger partial charge in [-0.1, -0.05) is 13.8 Å². The minimum absolute atomic E-state index is 0.00521. The van der Waals surface area contributed by atoms with E-state index in [4.69, 9.17) is 4.74 Å². The van der Waals surface area contributed by atoms with Gasteiger partial charge < -0.3 is 15.0 Å². The standard InChI is InChI=1S/C16H22N2O3/c1-4-8-18(9-5-2)16(20)12-6-7-14-13(10-12)17-15(19)11(3)21-14/h6-7,10-11H,4-5,8-9H2,1-3H3,(H,17,19). The number of rotatable bonds is 5. The van der Waals surface area contributed by atoms with Gasteiger partial charge in [-0.05, 0) is 38.0 Å². The van der Waals surface area contributed by atoms with Gasteiger partial charge in [0.15, 0.2) is 6.10 Å². The molecule has 1 heterocycles. The molecular weight excluding hydrogens is 268 g/mol. The lowest BCUT2D eigenvalue weighted by molar-refractivity contribution is -0.122. The van der Waals surface area contributed by atoms with Gasteiger partial charge in [0.1, 0.15) is 5.75 Å². The van der Waals surface area contributed by atoms with Crippen molar-refractivity contribution in [3.63, 3.8) is 0 Å². The summed E-state index contributed by atoms with van der Waals surface area (Å²) in [7, 11) is 0. The van der Waals surface area contributed by atoms with Crippen molar-refractivity contribution in [1.29, 1.82) is 0 Å². The zero-order valence-electron chi connectivity index (χ0n) is 12.8. The number of nitrogens with one attached hydrogen (secondary N) is 1. The van der Waals surface area contributed by atoms with E-state index in [9.17, 15) is 9.59 Å². The monoisotopic (exact) mass is 290 g/mol. The lowest BCUT2D eigenvalue weighted by atomic mass is 10.1. The second kappa shape index (κ2) is 6.61. The fourth-order valence-electron chi connectivity index (χ4n) is 2.38. The summed E-state index contributed by atoms with van der Waals surface area (Å²) < 4.78 is 5.50. The number of hydrogen-bond donors (Lipinski definition) is 1. The minimum Gasteiger partial charge on any atom is -0.479 e. The summed E-state index contributed by atoms with van der Waals surface area (Å²) in [4.78, 5) is 26.0. The highest BCUT2D eigenvalue weighted by Crippen LogP contribution is 2.30. The Balaban J connectivity index is 2.23. The number of hydrogen-bond acceptors (Lipinski definition) is 3. The molecule has 0 fully saturated rings. The van der Waals surface area contributed by atoms with E-state index in [0.29, 0.717) is 17.0 Å². The van der Waals surface area contributed by atoms with Crippen LogP contribution in [0, 0.1) is 0 Å². The van der Waals surface area contributed by atoms with Crippen LogP contribution in [-0.2, 0) is 4.79 Å². The summed E-state index contributed by atoms with van der Waals surface area (Å²) in [6.45, 7) is 7.28. The van der Waals surface area contributed by atoms with E-state index >= 15 is 0 Å². The number of benzene rings is 1. The van der Waals surface area contributed by atoms with Crippen molar-refractivity contribution in [1.82, 2.24) is 4.90 Å². The first-order valence-corrected chi connectivity index (χ1v) is 7.47. The van der Waals surface area contributed by atoms with Crippen LogP contribution in [0.3, 0.4) is 0 Å². The van der Waals surface area contributed by atoms with Crippen molar-refractivity contribution in [2.45, 2.75) is 39.7 Å².